The van der Waals surface area contributed by atoms with Crippen molar-refractivity contribution in [1.82, 2.24) is 9.88 Å². The van der Waals surface area contributed by atoms with Crippen LogP contribution >= 0.6 is 0 Å². The van der Waals surface area contributed by atoms with Crippen LogP contribution in [-0.4, -0.2) is 28.9 Å². The van der Waals surface area contributed by atoms with Gasteiger partial charge in [0.15, 0.2) is 0 Å². The van der Waals surface area contributed by atoms with Gasteiger partial charge in [0.2, 0.25) is 5.91 Å². The van der Waals surface area contributed by atoms with Gasteiger partial charge in [0.25, 0.3) is 0 Å². The van der Waals surface area contributed by atoms with Crippen molar-refractivity contribution in [3.8, 4) is 0 Å². The van der Waals surface area contributed by atoms with Gasteiger partial charge in [-0.25, -0.2) is 0 Å². The Morgan fingerprint density at radius 3 is 2.93 bits per heavy atom. The van der Waals surface area contributed by atoms with Crippen LogP contribution < -0.4 is 5.73 Å². The number of nitrogens with two attached hydrogens (primary N) is 1. The number of hydrogen-bond acceptors (Lipinski definition) is 3. The molecule has 2 N–H and O–H groups in total. The molecular weight excluding hydrogens is 178 g/mol. The molecule has 0 spiro atoms. The normalized spacial score (nSPS) is 12.2. The lowest BCUT2D eigenvalue weighted by atomic mass is 10.2. The molecule has 0 saturated carbocycles. The molecule has 1 unspecified atom stereocenters. The summed E-state index contributed by atoms with van der Waals surface area (Å²) in [5.41, 5.74) is 6.49. The van der Waals surface area contributed by atoms with E-state index in [-0.39, 0.29) is 5.91 Å². The van der Waals surface area contributed by atoms with Gasteiger partial charge in [-0.05, 0) is 18.6 Å². The molecule has 0 saturated heterocycles. The van der Waals surface area contributed by atoms with E-state index in [4.69, 9.17) is 5.73 Å². The van der Waals surface area contributed by atoms with Gasteiger partial charge in [-0.15, -0.1) is 0 Å². The van der Waals surface area contributed by atoms with Crippen LogP contribution in [0.25, 0.3) is 0 Å². The van der Waals surface area contributed by atoms with E-state index in [1.54, 1.807) is 31.3 Å². The fraction of sp³-hybridized carbons (Fsp3) is 0.400. The van der Waals surface area contributed by atoms with Crippen molar-refractivity contribution < 1.29 is 4.79 Å². The third-order valence-corrected chi connectivity index (χ3v) is 1.91. The van der Waals surface area contributed by atoms with E-state index >= 15 is 0 Å². The second-order valence-electron chi connectivity index (χ2n) is 3.34. The molecule has 0 bridgehead atoms. The number of carbonyl (C=O) groups excluding carboxylic acids is 1. The Balaban J connectivity index is 2.57. The Hall–Kier alpha value is -1.42. The van der Waals surface area contributed by atoms with Crippen LogP contribution in [0.4, 0.5) is 0 Å². The fourth-order valence-electron chi connectivity index (χ4n) is 1.19. The van der Waals surface area contributed by atoms with E-state index in [2.05, 4.69) is 4.98 Å². The van der Waals surface area contributed by atoms with Gasteiger partial charge in [-0.2, -0.15) is 0 Å². The van der Waals surface area contributed by atoms with E-state index in [1.165, 1.54) is 0 Å². The molecule has 0 aromatic carbocycles. The Morgan fingerprint density at radius 1 is 1.71 bits per heavy atom. The molecular formula is C10H15N3O. The lowest BCUT2D eigenvalue weighted by Gasteiger charge is -2.18. The number of amides is 1. The van der Waals surface area contributed by atoms with E-state index in [9.17, 15) is 4.79 Å². The zero-order valence-corrected chi connectivity index (χ0v) is 8.47. The van der Waals surface area contributed by atoms with Gasteiger partial charge in [-0.3, -0.25) is 9.78 Å². The summed E-state index contributed by atoms with van der Waals surface area (Å²) in [5.74, 6) is -0.0612. The molecule has 1 heterocycles. The van der Waals surface area contributed by atoms with Gasteiger partial charge >= 0.3 is 0 Å². The summed E-state index contributed by atoms with van der Waals surface area (Å²) < 4.78 is 0. The zero-order chi connectivity index (χ0) is 10.6. The van der Waals surface area contributed by atoms with E-state index in [1.807, 2.05) is 12.1 Å². The fourth-order valence-corrected chi connectivity index (χ4v) is 1.19. The maximum absolute atomic E-state index is 11.4. The van der Waals surface area contributed by atoms with Crippen molar-refractivity contribution >= 4 is 5.91 Å². The van der Waals surface area contributed by atoms with E-state index in [0.717, 1.165) is 5.56 Å². The molecule has 1 aromatic rings. The molecule has 1 rings (SSSR count). The minimum absolute atomic E-state index is 0.0612. The largest absolute Gasteiger partial charge is 0.340 e. The molecule has 76 valence electrons. The van der Waals surface area contributed by atoms with Crippen LogP contribution in [0.15, 0.2) is 24.5 Å². The highest BCUT2D eigenvalue weighted by atomic mass is 16.2. The Bertz CT molecular complexity index is 297. The molecule has 4 nitrogen and oxygen atoms in total. The molecule has 0 aliphatic carbocycles. The topological polar surface area (TPSA) is 59.2 Å². The average molecular weight is 193 g/mol. The molecule has 1 aromatic heterocycles. The van der Waals surface area contributed by atoms with Crippen molar-refractivity contribution in [2.45, 2.75) is 19.5 Å². The Morgan fingerprint density at radius 2 is 2.43 bits per heavy atom. The minimum atomic E-state index is -0.448. The lowest BCUT2D eigenvalue weighted by Crippen LogP contribution is -2.39. The van der Waals surface area contributed by atoms with Gasteiger partial charge in [0, 0.05) is 26.0 Å². The van der Waals surface area contributed by atoms with Gasteiger partial charge in [0.1, 0.15) is 0 Å². The summed E-state index contributed by atoms with van der Waals surface area (Å²) in [5, 5.41) is 0. The predicted octanol–water partition coefficient (Wildman–Crippen LogP) is 0.387. The molecule has 0 radical (unpaired) electrons. The number of aromatic nitrogens is 1. The second-order valence-corrected chi connectivity index (χ2v) is 3.34. The minimum Gasteiger partial charge on any atom is -0.340 e. The highest BCUT2D eigenvalue weighted by Gasteiger charge is 2.12. The third-order valence-electron chi connectivity index (χ3n) is 1.91. The monoisotopic (exact) mass is 193 g/mol. The van der Waals surface area contributed by atoms with Gasteiger partial charge in [-0.1, -0.05) is 6.07 Å². The van der Waals surface area contributed by atoms with Crippen molar-refractivity contribution in [3.63, 3.8) is 0 Å². The first-order chi connectivity index (χ1) is 6.61. The summed E-state index contributed by atoms with van der Waals surface area (Å²) in [7, 11) is 1.73. The summed E-state index contributed by atoms with van der Waals surface area (Å²) in [4.78, 5) is 17.0. The molecule has 4 heteroatoms. The van der Waals surface area contributed by atoms with Crippen LogP contribution in [0.5, 0.6) is 0 Å². The van der Waals surface area contributed by atoms with E-state index in [0.29, 0.717) is 6.54 Å². The Kier molecular flexibility index (Phi) is 3.59. The zero-order valence-electron chi connectivity index (χ0n) is 8.47. The highest BCUT2D eigenvalue weighted by Crippen LogP contribution is 2.01. The SMILES string of the molecule is CC(N)C(=O)N(C)Cc1cccnc1. The van der Waals surface area contributed by atoms with Crippen LogP contribution in [0, 0.1) is 0 Å². The maximum Gasteiger partial charge on any atom is 0.239 e. The molecule has 0 aliphatic rings. The number of nitrogens with zero attached hydrogens (tertiary/aromatic N) is 2. The van der Waals surface area contributed by atoms with Gasteiger partial charge < -0.3 is 10.6 Å². The van der Waals surface area contributed by atoms with Crippen molar-refractivity contribution in [3.05, 3.63) is 30.1 Å². The Labute approximate surface area is 83.7 Å². The van der Waals surface area contributed by atoms with Crippen molar-refractivity contribution in [1.29, 1.82) is 0 Å². The second kappa shape index (κ2) is 4.72. The molecule has 0 aliphatic heterocycles. The lowest BCUT2D eigenvalue weighted by molar-refractivity contribution is -0.131. The third kappa shape index (κ3) is 2.81. The smallest absolute Gasteiger partial charge is 0.239 e. The number of pyridine rings is 1. The van der Waals surface area contributed by atoms with Crippen LogP contribution in [0.2, 0.25) is 0 Å². The van der Waals surface area contributed by atoms with Crippen molar-refractivity contribution in [2.24, 2.45) is 5.73 Å². The number of carbonyl (C=O) groups is 1. The van der Waals surface area contributed by atoms with Crippen LogP contribution in [-0.2, 0) is 11.3 Å². The molecule has 1 atom stereocenters. The van der Waals surface area contributed by atoms with E-state index < -0.39 is 6.04 Å². The van der Waals surface area contributed by atoms with Crippen molar-refractivity contribution in [2.75, 3.05) is 7.05 Å². The predicted molar refractivity (Wildman–Crippen MR) is 54.4 cm³/mol. The maximum atomic E-state index is 11.4. The summed E-state index contributed by atoms with van der Waals surface area (Å²) in [6.45, 7) is 2.23. The molecule has 1 amide bonds. The average Bonchev–Trinajstić information content (AvgIpc) is 2.18. The quantitative estimate of drug-likeness (QED) is 0.755. The summed E-state index contributed by atoms with van der Waals surface area (Å²) in [6, 6.07) is 3.33. The first-order valence-electron chi connectivity index (χ1n) is 4.50. The summed E-state index contributed by atoms with van der Waals surface area (Å²) >= 11 is 0. The van der Waals surface area contributed by atoms with Gasteiger partial charge in [0.05, 0.1) is 6.04 Å². The highest BCUT2D eigenvalue weighted by molar-refractivity contribution is 5.80. The first-order valence-corrected chi connectivity index (χ1v) is 4.50. The van der Waals surface area contributed by atoms with Crippen LogP contribution in [0.3, 0.4) is 0 Å². The number of hydrogen-bond donors (Lipinski definition) is 1. The number of likely N-dealkylation sites (N-methyl/N-ethyl adjacent to an activating group) is 1. The molecule has 0 fully saturated rings. The first kappa shape index (κ1) is 10.7. The molecule has 14 heavy (non-hydrogen) atoms. The number of rotatable bonds is 3. The summed E-state index contributed by atoms with van der Waals surface area (Å²) in [6.07, 6.45) is 3.45. The van der Waals surface area contributed by atoms with Crippen LogP contribution in [0.1, 0.15) is 12.5 Å². The standard InChI is InChI=1S/C10H15N3O/c1-8(11)10(14)13(2)7-9-4-3-5-12-6-9/h3-6,8H,7,11H2,1-2H3.